The fraction of sp³-hybridized carbons (Fsp3) is 0.647. The minimum absolute atomic E-state index is 0.0833. The van der Waals surface area contributed by atoms with Gasteiger partial charge in [0.2, 0.25) is 0 Å². The Balaban J connectivity index is 1.75. The van der Waals surface area contributed by atoms with E-state index >= 15 is 0 Å². The number of rotatable bonds is 2. The van der Waals surface area contributed by atoms with E-state index in [9.17, 15) is 5.11 Å². The van der Waals surface area contributed by atoms with Crippen molar-refractivity contribution < 1.29 is 9.84 Å². The summed E-state index contributed by atoms with van der Waals surface area (Å²) in [7, 11) is 0. The summed E-state index contributed by atoms with van der Waals surface area (Å²) in [6.07, 6.45) is 6.18. The molecular formula is C17H25NO2. The molecule has 110 valence electrons. The van der Waals surface area contributed by atoms with Crippen molar-refractivity contribution in [3.8, 4) is 5.75 Å². The summed E-state index contributed by atoms with van der Waals surface area (Å²) in [5.41, 5.74) is 2.55. The molecule has 1 aliphatic heterocycles. The predicted octanol–water partition coefficient (Wildman–Crippen LogP) is 3.10. The highest BCUT2D eigenvalue weighted by Crippen LogP contribution is 2.35. The van der Waals surface area contributed by atoms with Crippen LogP contribution in [0.4, 0.5) is 0 Å². The number of fused-ring (bicyclic) bond motifs is 1. The molecule has 0 radical (unpaired) electrons. The van der Waals surface area contributed by atoms with Gasteiger partial charge in [-0.05, 0) is 51.0 Å². The molecule has 0 amide bonds. The molecule has 3 heteroatoms. The van der Waals surface area contributed by atoms with Crippen LogP contribution in [-0.4, -0.2) is 23.9 Å². The first-order valence-corrected chi connectivity index (χ1v) is 7.90. The largest absolute Gasteiger partial charge is 0.493 e. The van der Waals surface area contributed by atoms with E-state index in [1.165, 1.54) is 11.1 Å². The number of aliphatic hydroxyl groups excluding tert-OH is 1. The highest BCUT2D eigenvalue weighted by molar-refractivity contribution is 5.43. The zero-order chi connectivity index (χ0) is 13.9. The quantitative estimate of drug-likeness (QED) is 0.871. The van der Waals surface area contributed by atoms with Gasteiger partial charge in [0.25, 0.3) is 0 Å². The van der Waals surface area contributed by atoms with Crippen LogP contribution in [-0.2, 0) is 0 Å². The van der Waals surface area contributed by atoms with Gasteiger partial charge in [0.15, 0.2) is 0 Å². The van der Waals surface area contributed by atoms with Crippen molar-refractivity contribution in [2.24, 2.45) is 0 Å². The number of hydrogen-bond donors (Lipinski definition) is 2. The number of ether oxygens (including phenoxy) is 1. The first-order chi connectivity index (χ1) is 9.74. The van der Waals surface area contributed by atoms with Crippen LogP contribution in [0.3, 0.4) is 0 Å². The normalized spacial score (nSPS) is 30.2. The Morgan fingerprint density at radius 1 is 1.15 bits per heavy atom. The molecular weight excluding hydrogens is 250 g/mol. The zero-order valence-corrected chi connectivity index (χ0v) is 12.3. The maximum atomic E-state index is 9.62. The van der Waals surface area contributed by atoms with Gasteiger partial charge in [-0.2, -0.15) is 0 Å². The van der Waals surface area contributed by atoms with E-state index in [-0.39, 0.29) is 6.10 Å². The zero-order valence-electron chi connectivity index (χ0n) is 12.3. The summed E-state index contributed by atoms with van der Waals surface area (Å²) >= 11 is 0. The van der Waals surface area contributed by atoms with Gasteiger partial charge in [-0.25, -0.2) is 0 Å². The summed E-state index contributed by atoms with van der Waals surface area (Å²) in [4.78, 5) is 0. The lowest BCUT2D eigenvalue weighted by Crippen LogP contribution is -2.37. The average Bonchev–Trinajstić information content (AvgIpc) is 2.65. The topological polar surface area (TPSA) is 41.5 Å². The van der Waals surface area contributed by atoms with E-state index in [0.29, 0.717) is 12.1 Å². The van der Waals surface area contributed by atoms with E-state index < -0.39 is 0 Å². The molecule has 1 aliphatic carbocycles. The SMILES string of the molecule is Cc1cccc2c1OCCC[C@H]2NC1CCC(O)CC1. The molecule has 1 fully saturated rings. The number of nitrogens with one attached hydrogen (secondary N) is 1. The third kappa shape index (κ3) is 2.99. The van der Waals surface area contributed by atoms with E-state index in [1.54, 1.807) is 0 Å². The van der Waals surface area contributed by atoms with Gasteiger partial charge < -0.3 is 15.2 Å². The number of benzene rings is 1. The van der Waals surface area contributed by atoms with Crippen LogP contribution < -0.4 is 10.1 Å². The van der Waals surface area contributed by atoms with E-state index in [2.05, 4.69) is 30.4 Å². The standard InChI is InChI=1S/C17H25NO2/c1-12-4-2-5-15-16(6-3-11-20-17(12)15)18-13-7-9-14(19)10-8-13/h2,4-5,13-14,16,18-19H,3,6-11H2,1H3/t13?,14?,16-/m1/s1. The molecule has 3 nitrogen and oxygen atoms in total. The van der Waals surface area contributed by atoms with E-state index in [4.69, 9.17) is 4.74 Å². The minimum atomic E-state index is -0.0833. The Morgan fingerprint density at radius 3 is 2.75 bits per heavy atom. The van der Waals surface area contributed by atoms with E-state index in [1.807, 2.05) is 0 Å². The molecule has 0 aromatic heterocycles. The molecule has 0 unspecified atom stereocenters. The molecule has 2 N–H and O–H groups in total. The lowest BCUT2D eigenvalue weighted by molar-refractivity contribution is 0.114. The number of hydrogen-bond acceptors (Lipinski definition) is 3. The van der Waals surface area contributed by atoms with Gasteiger partial charge in [-0.1, -0.05) is 18.2 Å². The number of para-hydroxylation sites is 1. The fourth-order valence-electron chi connectivity index (χ4n) is 3.46. The van der Waals surface area contributed by atoms with Crippen molar-refractivity contribution in [3.63, 3.8) is 0 Å². The Labute approximate surface area is 121 Å². The van der Waals surface area contributed by atoms with Crippen LogP contribution in [0.15, 0.2) is 18.2 Å². The first kappa shape index (κ1) is 13.9. The van der Waals surface area contributed by atoms with Gasteiger partial charge in [-0.3, -0.25) is 0 Å². The smallest absolute Gasteiger partial charge is 0.126 e. The van der Waals surface area contributed by atoms with Gasteiger partial charge in [0.05, 0.1) is 12.7 Å². The van der Waals surface area contributed by atoms with Crippen LogP contribution in [0.25, 0.3) is 0 Å². The highest BCUT2D eigenvalue weighted by atomic mass is 16.5. The predicted molar refractivity (Wildman–Crippen MR) is 80.0 cm³/mol. The molecule has 0 bridgehead atoms. The lowest BCUT2D eigenvalue weighted by Gasteiger charge is -2.30. The monoisotopic (exact) mass is 275 g/mol. The van der Waals surface area contributed by atoms with Crippen LogP contribution >= 0.6 is 0 Å². The summed E-state index contributed by atoms with van der Waals surface area (Å²) < 4.78 is 5.94. The van der Waals surface area contributed by atoms with Gasteiger partial charge in [-0.15, -0.1) is 0 Å². The Hall–Kier alpha value is -1.06. The third-order valence-electron chi connectivity index (χ3n) is 4.63. The maximum absolute atomic E-state index is 9.62. The van der Waals surface area contributed by atoms with Crippen molar-refractivity contribution in [2.75, 3.05) is 6.61 Å². The second-order valence-electron chi connectivity index (χ2n) is 6.21. The van der Waals surface area contributed by atoms with Gasteiger partial charge >= 0.3 is 0 Å². The molecule has 1 atom stereocenters. The molecule has 2 aliphatic rings. The molecule has 3 rings (SSSR count). The molecule has 0 saturated heterocycles. The van der Waals surface area contributed by atoms with E-state index in [0.717, 1.165) is 50.9 Å². The van der Waals surface area contributed by atoms with Crippen LogP contribution in [0, 0.1) is 6.92 Å². The Kier molecular flexibility index (Phi) is 4.27. The van der Waals surface area contributed by atoms with Crippen molar-refractivity contribution in [1.82, 2.24) is 5.32 Å². The second-order valence-corrected chi connectivity index (χ2v) is 6.21. The molecule has 1 aromatic rings. The lowest BCUT2D eigenvalue weighted by atomic mass is 9.91. The summed E-state index contributed by atoms with van der Waals surface area (Å²) in [5.74, 6) is 1.08. The summed E-state index contributed by atoms with van der Waals surface area (Å²) in [5, 5.41) is 13.4. The van der Waals surface area contributed by atoms with Gasteiger partial charge in [0, 0.05) is 17.6 Å². The van der Waals surface area contributed by atoms with Crippen LogP contribution in [0.5, 0.6) is 5.75 Å². The van der Waals surface area contributed by atoms with Gasteiger partial charge in [0.1, 0.15) is 5.75 Å². The Morgan fingerprint density at radius 2 is 1.95 bits per heavy atom. The fourth-order valence-corrected chi connectivity index (χ4v) is 3.46. The van der Waals surface area contributed by atoms with Crippen molar-refractivity contribution in [2.45, 2.75) is 63.6 Å². The van der Waals surface area contributed by atoms with Crippen molar-refractivity contribution >= 4 is 0 Å². The summed E-state index contributed by atoms with van der Waals surface area (Å²) in [6.45, 7) is 2.94. The van der Waals surface area contributed by atoms with Crippen molar-refractivity contribution in [1.29, 1.82) is 0 Å². The highest BCUT2D eigenvalue weighted by Gasteiger charge is 2.26. The summed E-state index contributed by atoms with van der Waals surface area (Å²) in [6, 6.07) is 7.38. The second kappa shape index (κ2) is 6.15. The molecule has 1 saturated carbocycles. The third-order valence-corrected chi connectivity index (χ3v) is 4.63. The number of aryl methyl sites for hydroxylation is 1. The molecule has 0 spiro atoms. The van der Waals surface area contributed by atoms with Crippen LogP contribution in [0.1, 0.15) is 55.7 Å². The minimum Gasteiger partial charge on any atom is -0.493 e. The first-order valence-electron chi connectivity index (χ1n) is 7.90. The molecule has 1 aromatic carbocycles. The molecule has 1 heterocycles. The molecule has 20 heavy (non-hydrogen) atoms. The van der Waals surface area contributed by atoms with Crippen molar-refractivity contribution in [3.05, 3.63) is 29.3 Å². The maximum Gasteiger partial charge on any atom is 0.126 e. The number of aliphatic hydroxyl groups is 1. The van der Waals surface area contributed by atoms with Crippen LogP contribution in [0.2, 0.25) is 0 Å². The Bertz CT molecular complexity index is 452. The average molecular weight is 275 g/mol.